The minimum Gasteiger partial charge on any atom is -0.453 e. The maximum atomic E-state index is 13.8. The molecule has 0 saturated carbocycles. The Morgan fingerprint density at radius 3 is 2.69 bits per heavy atom. The smallest absolute Gasteiger partial charge is 0.409 e. The lowest BCUT2D eigenvalue weighted by Gasteiger charge is -2.31. The number of nitrogens with zero attached hydrogens (tertiary/aromatic N) is 5. The summed E-state index contributed by atoms with van der Waals surface area (Å²) < 4.78 is 8.48. The number of likely N-dealkylation sites (tertiary alicyclic amines) is 1. The van der Waals surface area contributed by atoms with Crippen LogP contribution in [-0.4, -0.2) is 62.0 Å². The number of aromatic nitrogens is 4. The van der Waals surface area contributed by atoms with E-state index in [1.54, 1.807) is 21.9 Å². The molecule has 1 saturated heterocycles. The summed E-state index contributed by atoms with van der Waals surface area (Å²) in [6, 6.07) is 10.0. The fourth-order valence-electron chi connectivity index (χ4n) is 5.31. The molecule has 0 aliphatic carbocycles. The molecule has 1 aliphatic heterocycles. The number of ether oxygens (including phenoxy) is 1. The molecule has 4 aromatic rings. The molecule has 1 N–H and O–H groups in total. The Labute approximate surface area is 209 Å². The van der Waals surface area contributed by atoms with Gasteiger partial charge in [-0.25, -0.2) is 9.59 Å². The molecule has 1 aromatic carbocycles. The van der Waals surface area contributed by atoms with Gasteiger partial charge in [0.15, 0.2) is 0 Å². The number of imidazole rings is 1. The molecule has 1 amide bonds. The molecule has 1 aliphatic rings. The van der Waals surface area contributed by atoms with Crippen LogP contribution in [0.15, 0.2) is 53.7 Å². The number of amides is 1. The maximum Gasteiger partial charge on any atom is 0.409 e. The van der Waals surface area contributed by atoms with Crippen molar-refractivity contribution in [2.24, 2.45) is 0 Å². The lowest BCUT2D eigenvalue weighted by Crippen LogP contribution is -2.41. The number of carbonyl (C=O) groups excluding carboxylic acids is 1. The monoisotopic (exact) mass is 489 g/mol. The number of pyridine rings is 2. The van der Waals surface area contributed by atoms with Gasteiger partial charge in [-0.3, -0.25) is 19.1 Å². The molecule has 9 nitrogen and oxygen atoms in total. The second-order valence-corrected chi connectivity index (χ2v) is 9.24. The first-order valence-electron chi connectivity index (χ1n) is 12.5. The summed E-state index contributed by atoms with van der Waals surface area (Å²) >= 11 is 0. The number of piperidine rings is 1. The molecule has 9 heteroatoms. The van der Waals surface area contributed by atoms with Gasteiger partial charge in [0.1, 0.15) is 0 Å². The molecular formula is C27H31N5O4. The summed E-state index contributed by atoms with van der Waals surface area (Å²) in [5, 5.41) is 11.5. The van der Waals surface area contributed by atoms with Gasteiger partial charge in [-0.1, -0.05) is 24.3 Å². The third kappa shape index (κ3) is 4.46. The van der Waals surface area contributed by atoms with E-state index in [-0.39, 0.29) is 24.4 Å². The first-order valence-corrected chi connectivity index (χ1v) is 12.5. The Bertz CT molecular complexity index is 1440. The summed E-state index contributed by atoms with van der Waals surface area (Å²) in [6.07, 6.45) is 8.68. The van der Waals surface area contributed by atoms with E-state index >= 15 is 0 Å². The number of aliphatic hydroxyl groups is 1. The average molecular weight is 490 g/mol. The van der Waals surface area contributed by atoms with E-state index in [1.807, 2.05) is 35.0 Å². The van der Waals surface area contributed by atoms with Crippen molar-refractivity contribution < 1.29 is 14.6 Å². The van der Waals surface area contributed by atoms with Gasteiger partial charge in [-0.15, -0.1) is 0 Å². The number of aliphatic hydroxyl groups excluding tert-OH is 1. The van der Waals surface area contributed by atoms with E-state index in [0.29, 0.717) is 32.5 Å². The predicted molar refractivity (Wildman–Crippen MR) is 137 cm³/mol. The van der Waals surface area contributed by atoms with Crippen LogP contribution in [0.3, 0.4) is 0 Å². The Balaban J connectivity index is 1.53. The van der Waals surface area contributed by atoms with E-state index in [2.05, 4.69) is 11.1 Å². The highest BCUT2D eigenvalue weighted by atomic mass is 16.5. The van der Waals surface area contributed by atoms with Gasteiger partial charge in [-0.05, 0) is 49.1 Å². The number of unbranched alkanes of at least 4 members (excludes halogenated alkanes) is 1. The second kappa shape index (κ2) is 10.5. The number of benzene rings is 1. The summed E-state index contributed by atoms with van der Waals surface area (Å²) in [6.45, 7) is 1.58. The molecule has 1 fully saturated rings. The van der Waals surface area contributed by atoms with Gasteiger partial charge in [0.2, 0.25) is 0 Å². The van der Waals surface area contributed by atoms with Crippen LogP contribution in [0.1, 0.15) is 43.0 Å². The van der Waals surface area contributed by atoms with Crippen molar-refractivity contribution in [1.29, 1.82) is 0 Å². The number of rotatable bonds is 7. The lowest BCUT2D eigenvalue weighted by atomic mass is 9.99. The molecule has 0 spiro atoms. The highest BCUT2D eigenvalue weighted by Gasteiger charge is 2.28. The van der Waals surface area contributed by atoms with Crippen LogP contribution in [0.2, 0.25) is 0 Å². The number of hydrogen-bond acceptors (Lipinski definition) is 6. The largest absolute Gasteiger partial charge is 0.453 e. The summed E-state index contributed by atoms with van der Waals surface area (Å²) in [4.78, 5) is 36.5. The van der Waals surface area contributed by atoms with Crippen molar-refractivity contribution in [2.75, 3.05) is 26.8 Å². The van der Waals surface area contributed by atoms with Crippen molar-refractivity contribution in [3.63, 3.8) is 0 Å². The SMILES string of the molecule is COC(=O)N1CCC(n2c(=O)n(Cc3ncc4ccccc4c3CCCCO)c3cnccc32)CC1. The van der Waals surface area contributed by atoms with Gasteiger partial charge in [-0.2, -0.15) is 0 Å². The fraction of sp³-hybridized carbons (Fsp3) is 0.407. The van der Waals surface area contributed by atoms with E-state index in [4.69, 9.17) is 9.72 Å². The molecule has 0 radical (unpaired) electrons. The molecule has 188 valence electrons. The Morgan fingerprint density at radius 2 is 1.92 bits per heavy atom. The number of fused-ring (bicyclic) bond motifs is 2. The van der Waals surface area contributed by atoms with Crippen molar-refractivity contribution in [2.45, 2.75) is 44.7 Å². The molecule has 36 heavy (non-hydrogen) atoms. The third-order valence-electron chi connectivity index (χ3n) is 7.16. The molecule has 5 rings (SSSR count). The molecular weight excluding hydrogens is 458 g/mol. The topological polar surface area (TPSA) is 102 Å². The van der Waals surface area contributed by atoms with Crippen LogP contribution < -0.4 is 5.69 Å². The highest BCUT2D eigenvalue weighted by Crippen LogP contribution is 2.27. The number of carbonyl (C=O) groups is 1. The number of aryl methyl sites for hydroxylation is 1. The molecule has 4 heterocycles. The van der Waals surface area contributed by atoms with Gasteiger partial charge in [0, 0.05) is 43.5 Å². The van der Waals surface area contributed by atoms with Crippen LogP contribution in [0.25, 0.3) is 21.8 Å². The zero-order chi connectivity index (χ0) is 25.1. The third-order valence-corrected chi connectivity index (χ3v) is 7.16. The van der Waals surface area contributed by atoms with E-state index < -0.39 is 0 Å². The first kappa shape index (κ1) is 24.0. The minimum absolute atomic E-state index is 0.0156. The zero-order valence-corrected chi connectivity index (χ0v) is 20.5. The van der Waals surface area contributed by atoms with Gasteiger partial charge < -0.3 is 14.7 Å². The second-order valence-electron chi connectivity index (χ2n) is 9.24. The van der Waals surface area contributed by atoms with Gasteiger partial charge >= 0.3 is 11.8 Å². The van der Waals surface area contributed by atoms with Gasteiger partial charge in [0.25, 0.3) is 0 Å². The fourth-order valence-corrected chi connectivity index (χ4v) is 5.31. The van der Waals surface area contributed by atoms with Crippen LogP contribution in [0, 0.1) is 0 Å². The van der Waals surface area contributed by atoms with Crippen molar-refractivity contribution in [3.05, 3.63) is 70.7 Å². The van der Waals surface area contributed by atoms with Crippen molar-refractivity contribution in [3.8, 4) is 0 Å². The average Bonchev–Trinajstić information content (AvgIpc) is 3.20. The Morgan fingerprint density at radius 1 is 1.11 bits per heavy atom. The molecule has 0 atom stereocenters. The highest BCUT2D eigenvalue weighted by molar-refractivity contribution is 5.85. The standard InChI is InChI=1S/C27H31N5O4/c1-36-27(35)30-13-10-20(11-14-30)32-24-9-12-28-17-25(24)31(26(32)34)18-23-22(8-4-5-15-33)21-7-3-2-6-19(21)16-29-23/h2-3,6-7,9,12,16-17,20,33H,4-5,8,10-11,13-15,18H2,1H3. The van der Waals surface area contributed by atoms with Crippen LogP contribution >= 0.6 is 0 Å². The van der Waals surface area contributed by atoms with E-state index in [0.717, 1.165) is 52.3 Å². The van der Waals surface area contributed by atoms with Crippen LogP contribution in [-0.2, 0) is 17.7 Å². The van der Waals surface area contributed by atoms with E-state index in [1.165, 1.54) is 7.11 Å². The summed E-state index contributed by atoms with van der Waals surface area (Å²) in [7, 11) is 1.39. The Kier molecular flexibility index (Phi) is 6.99. The Hall–Kier alpha value is -3.72. The van der Waals surface area contributed by atoms with Crippen LogP contribution in [0.5, 0.6) is 0 Å². The predicted octanol–water partition coefficient (Wildman–Crippen LogP) is 3.51. The molecule has 0 bridgehead atoms. The first-order chi connectivity index (χ1) is 17.6. The maximum absolute atomic E-state index is 13.8. The molecule has 3 aromatic heterocycles. The lowest BCUT2D eigenvalue weighted by molar-refractivity contribution is 0.107. The summed E-state index contributed by atoms with van der Waals surface area (Å²) in [5.74, 6) is 0. The van der Waals surface area contributed by atoms with Crippen LogP contribution in [0.4, 0.5) is 4.79 Å². The van der Waals surface area contributed by atoms with Gasteiger partial charge in [0.05, 0.1) is 36.6 Å². The normalized spacial score (nSPS) is 14.6. The number of hydrogen-bond donors (Lipinski definition) is 1. The summed E-state index contributed by atoms with van der Waals surface area (Å²) in [5.41, 5.74) is 3.50. The van der Waals surface area contributed by atoms with Crippen molar-refractivity contribution >= 4 is 27.9 Å². The molecule has 0 unspecified atom stereocenters. The zero-order valence-electron chi connectivity index (χ0n) is 20.5. The van der Waals surface area contributed by atoms with Crippen molar-refractivity contribution in [1.82, 2.24) is 24.0 Å². The number of methoxy groups -OCH3 is 1. The van der Waals surface area contributed by atoms with E-state index in [9.17, 15) is 14.7 Å². The quantitative estimate of drug-likeness (QED) is 0.399. The minimum atomic E-state index is -0.330.